The van der Waals surface area contributed by atoms with E-state index >= 15 is 0 Å². The lowest BCUT2D eigenvalue weighted by molar-refractivity contribution is -0.130. The fourth-order valence-corrected chi connectivity index (χ4v) is 3.21. The van der Waals surface area contributed by atoms with E-state index in [0.29, 0.717) is 12.1 Å². The summed E-state index contributed by atoms with van der Waals surface area (Å²) in [5, 5.41) is 6.71. The van der Waals surface area contributed by atoms with Crippen molar-refractivity contribution in [3.05, 3.63) is 0 Å². The molecule has 1 amide bonds. The molecule has 3 heteroatoms. The Morgan fingerprint density at radius 1 is 1.29 bits per heavy atom. The second kappa shape index (κ2) is 5.38. The lowest BCUT2D eigenvalue weighted by Gasteiger charge is -2.30. The van der Waals surface area contributed by atoms with E-state index in [9.17, 15) is 4.79 Å². The smallest absolute Gasteiger partial charge is 0.225 e. The minimum atomic E-state index is -0.0831. The molecule has 0 aromatic carbocycles. The van der Waals surface area contributed by atoms with Crippen molar-refractivity contribution >= 4 is 5.91 Å². The van der Waals surface area contributed by atoms with Crippen molar-refractivity contribution in [1.29, 1.82) is 0 Å². The van der Waals surface area contributed by atoms with Gasteiger partial charge in [0.15, 0.2) is 0 Å². The Morgan fingerprint density at radius 2 is 2.00 bits per heavy atom. The summed E-state index contributed by atoms with van der Waals surface area (Å²) in [5.74, 6) is 0.273. The maximum absolute atomic E-state index is 12.2. The fourth-order valence-electron chi connectivity index (χ4n) is 3.21. The Kier molecular flexibility index (Phi) is 4.08. The highest BCUT2D eigenvalue weighted by atomic mass is 16.2. The topological polar surface area (TPSA) is 41.1 Å². The van der Waals surface area contributed by atoms with E-state index in [1.807, 2.05) is 0 Å². The minimum absolute atomic E-state index is 0.0831. The molecule has 1 saturated carbocycles. The number of piperidine rings is 1. The van der Waals surface area contributed by atoms with Gasteiger partial charge in [-0.15, -0.1) is 0 Å². The molecule has 0 radical (unpaired) electrons. The molecule has 0 spiro atoms. The van der Waals surface area contributed by atoms with Gasteiger partial charge in [-0.25, -0.2) is 0 Å². The standard InChI is InChI=1S/C14H26N2O/c1-11-6-5-7-12(16-11)10-15-13(17)14(2)8-3-4-9-14/h11-12,16H,3-10H2,1-2H3,(H,15,17). The van der Waals surface area contributed by atoms with Gasteiger partial charge in [0.05, 0.1) is 0 Å². The molecular formula is C14H26N2O. The molecule has 1 heterocycles. The fraction of sp³-hybridized carbons (Fsp3) is 0.929. The average molecular weight is 238 g/mol. The third kappa shape index (κ3) is 3.21. The number of carbonyl (C=O) groups excluding carboxylic acids is 1. The zero-order valence-corrected chi connectivity index (χ0v) is 11.2. The number of nitrogens with one attached hydrogen (secondary N) is 2. The average Bonchev–Trinajstić information content (AvgIpc) is 2.74. The molecule has 1 aliphatic heterocycles. The van der Waals surface area contributed by atoms with Crippen LogP contribution in [-0.2, 0) is 4.79 Å². The van der Waals surface area contributed by atoms with Gasteiger partial charge in [0.1, 0.15) is 0 Å². The predicted octanol–water partition coefficient (Wildman–Crippen LogP) is 2.21. The molecule has 1 saturated heterocycles. The highest BCUT2D eigenvalue weighted by Crippen LogP contribution is 2.37. The van der Waals surface area contributed by atoms with Crippen molar-refractivity contribution < 1.29 is 4.79 Å². The Hall–Kier alpha value is -0.570. The van der Waals surface area contributed by atoms with Crippen LogP contribution in [0.5, 0.6) is 0 Å². The lowest BCUT2D eigenvalue weighted by Crippen LogP contribution is -2.49. The van der Waals surface area contributed by atoms with Gasteiger partial charge in [0.25, 0.3) is 0 Å². The second-order valence-corrected chi connectivity index (χ2v) is 6.17. The van der Waals surface area contributed by atoms with E-state index in [1.165, 1.54) is 32.1 Å². The number of hydrogen-bond acceptors (Lipinski definition) is 2. The number of carbonyl (C=O) groups is 1. The van der Waals surface area contributed by atoms with E-state index < -0.39 is 0 Å². The van der Waals surface area contributed by atoms with Crippen LogP contribution in [0.1, 0.15) is 58.8 Å². The summed E-state index contributed by atoms with van der Waals surface area (Å²) >= 11 is 0. The molecule has 2 unspecified atom stereocenters. The van der Waals surface area contributed by atoms with Gasteiger partial charge >= 0.3 is 0 Å². The third-order valence-corrected chi connectivity index (χ3v) is 4.47. The summed E-state index contributed by atoms with van der Waals surface area (Å²) < 4.78 is 0. The van der Waals surface area contributed by atoms with E-state index in [4.69, 9.17) is 0 Å². The molecule has 17 heavy (non-hydrogen) atoms. The Labute approximate surface area is 105 Å². The van der Waals surface area contributed by atoms with Crippen LogP contribution in [-0.4, -0.2) is 24.5 Å². The van der Waals surface area contributed by atoms with Crippen LogP contribution in [0.4, 0.5) is 0 Å². The Bertz CT molecular complexity index is 271. The maximum atomic E-state index is 12.2. The zero-order chi connectivity index (χ0) is 12.3. The van der Waals surface area contributed by atoms with Crippen molar-refractivity contribution in [3.63, 3.8) is 0 Å². The van der Waals surface area contributed by atoms with Crippen LogP contribution in [0.2, 0.25) is 0 Å². The largest absolute Gasteiger partial charge is 0.354 e. The molecular weight excluding hydrogens is 212 g/mol. The highest BCUT2D eigenvalue weighted by molar-refractivity contribution is 5.82. The Balaban J connectivity index is 1.75. The third-order valence-electron chi connectivity index (χ3n) is 4.47. The molecule has 2 N–H and O–H groups in total. The first kappa shape index (κ1) is 12.9. The molecule has 2 rings (SSSR count). The first-order chi connectivity index (χ1) is 8.10. The Morgan fingerprint density at radius 3 is 2.65 bits per heavy atom. The highest BCUT2D eigenvalue weighted by Gasteiger charge is 2.36. The van der Waals surface area contributed by atoms with Gasteiger partial charge in [-0.1, -0.05) is 26.2 Å². The monoisotopic (exact) mass is 238 g/mol. The molecule has 0 aromatic rings. The van der Waals surface area contributed by atoms with Crippen molar-refractivity contribution in [2.45, 2.75) is 70.9 Å². The zero-order valence-electron chi connectivity index (χ0n) is 11.2. The van der Waals surface area contributed by atoms with Crippen LogP contribution in [0.3, 0.4) is 0 Å². The van der Waals surface area contributed by atoms with Gasteiger partial charge < -0.3 is 10.6 Å². The molecule has 2 aliphatic rings. The first-order valence-corrected chi connectivity index (χ1v) is 7.14. The van der Waals surface area contributed by atoms with Crippen LogP contribution in [0, 0.1) is 5.41 Å². The van der Waals surface area contributed by atoms with E-state index in [2.05, 4.69) is 24.5 Å². The number of amides is 1. The molecule has 2 atom stereocenters. The van der Waals surface area contributed by atoms with Crippen molar-refractivity contribution in [3.8, 4) is 0 Å². The van der Waals surface area contributed by atoms with Crippen molar-refractivity contribution in [1.82, 2.24) is 10.6 Å². The SMILES string of the molecule is CC1CCCC(CNC(=O)C2(C)CCCC2)N1. The molecule has 98 valence electrons. The van der Waals surface area contributed by atoms with Crippen molar-refractivity contribution in [2.24, 2.45) is 5.41 Å². The van der Waals surface area contributed by atoms with E-state index in [0.717, 1.165) is 19.4 Å². The number of rotatable bonds is 3. The minimum Gasteiger partial charge on any atom is -0.354 e. The summed E-state index contributed by atoms with van der Waals surface area (Å²) in [7, 11) is 0. The van der Waals surface area contributed by atoms with Gasteiger partial charge in [0.2, 0.25) is 5.91 Å². The summed E-state index contributed by atoms with van der Waals surface area (Å²) in [6, 6.07) is 1.08. The molecule has 1 aliphatic carbocycles. The van der Waals surface area contributed by atoms with Crippen LogP contribution >= 0.6 is 0 Å². The van der Waals surface area contributed by atoms with Gasteiger partial charge in [-0.3, -0.25) is 4.79 Å². The summed E-state index contributed by atoms with van der Waals surface area (Å²) in [5.41, 5.74) is -0.0831. The van der Waals surface area contributed by atoms with Gasteiger partial charge in [-0.2, -0.15) is 0 Å². The summed E-state index contributed by atoms with van der Waals surface area (Å²) in [6.07, 6.45) is 8.29. The van der Waals surface area contributed by atoms with Gasteiger partial charge in [0, 0.05) is 24.0 Å². The van der Waals surface area contributed by atoms with Crippen LogP contribution < -0.4 is 10.6 Å². The normalized spacial score (nSPS) is 32.4. The van der Waals surface area contributed by atoms with Gasteiger partial charge in [-0.05, 0) is 32.6 Å². The maximum Gasteiger partial charge on any atom is 0.225 e. The van der Waals surface area contributed by atoms with E-state index in [-0.39, 0.29) is 11.3 Å². The van der Waals surface area contributed by atoms with Crippen LogP contribution in [0.15, 0.2) is 0 Å². The first-order valence-electron chi connectivity index (χ1n) is 7.14. The quantitative estimate of drug-likeness (QED) is 0.791. The number of hydrogen-bond donors (Lipinski definition) is 2. The molecule has 0 aromatic heterocycles. The van der Waals surface area contributed by atoms with Crippen molar-refractivity contribution in [2.75, 3.05) is 6.54 Å². The molecule has 2 fully saturated rings. The predicted molar refractivity (Wildman–Crippen MR) is 69.8 cm³/mol. The second-order valence-electron chi connectivity index (χ2n) is 6.17. The van der Waals surface area contributed by atoms with Crippen LogP contribution in [0.25, 0.3) is 0 Å². The summed E-state index contributed by atoms with van der Waals surface area (Å²) in [4.78, 5) is 12.2. The lowest BCUT2D eigenvalue weighted by atomic mass is 9.87. The molecule has 3 nitrogen and oxygen atoms in total. The van der Waals surface area contributed by atoms with E-state index in [1.54, 1.807) is 0 Å². The molecule has 0 bridgehead atoms. The summed E-state index contributed by atoms with van der Waals surface area (Å²) in [6.45, 7) is 5.15.